The first-order valence-electron chi connectivity index (χ1n) is 6.92. The van der Waals surface area contributed by atoms with Crippen LogP contribution < -0.4 is 0 Å². The molecule has 1 heteroatoms. The summed E-state index contributed by atoms with van der Waals surface area (Å²) in [7, 11) is 0. The SMILES string of the molecule is CC1C(CO)C2CC1C1C3CCC(C3)C21. The van der Waals surface area contributed by atoms with Gasteiger partial charge in [0.05, 0.1) is 0 Å². The van der Waals surface area contributed by atoms with Crippen molar-refractivity contribution in [2.75, 3.05) is 6.61 Å². The van der Waals surface area contributed by atoms with Gasteiger partial charge in [0, 0.05) is 6.61 Å². The van der Waals surface area contributed by atoms with Crippen molar-refractivity contribution in [3.05, 3.63) is 0 Å². The van der Waals surface area contributed by atoms with E-state index in [-0.39, 0.29) is 0 Å². The second kappa shape index (κ2) is 2.80. The fraction of sp³-hybridized carbons (Fsp3) is 1.00. The van der Waals surface area contributed by atoms with Crippen LogP contribution in [0.5, 0.6) is 0 Å². The zero-order chi connectivity index (χ0) is 10.2. The molecule has 0 aromatic heterocycles. The molecule has 15 heavy (non-hydrogen) atoms. The van der Waals surface area contributed by atoms with Crippen molar-refractivity contribution in [2.24, 2.45) is 47.3 Å². The molecule has 0 aromatic rings. The summed E-state index contributed by atoms with van der Waals surface area (Å²) in [5.41, 5.74) is 0. The fourth-order valence-electron chi connectivity index (χ4n) is 6.31. The molecular weight excluding hydrogens is 184 g/mol. The first-order valence-corrected chi connectivity index (χ1v) is 6.92. The standard InChI is InChI=1S/C14H22O/c1-7-10-5-11(12(7)6-15)14-9-3-2-8(4-9)13(10)14/h7-15H,2-6H2,1H3. The summed E-state index contributed by atoms with van der Waals surface area (Å²) in [5, 5.41) is 9.55. The normalized spacial score (nSPS) is 65.2. The summed E-state index contributed by atoms with van der Waals surface area (Å²) in [6, 6.07) is 0. The van der Waals surface area contributed by atoms with Gasteiger partial charge in [-0.05, 0) is 73.0 Å². The van der Waals surface area contributed by atoms with Gasteiger partial charge >= 0.3 is 0 Å². The van der Waals surface area contributed by atoms with Crippen LogP contribution >= 0.6 is 0 Å². The largest absolute Gasteiger partial charge is 0.396 e. The van der Waals surface area contributed by atoms with Crippen LogP contribution in [0.25, 0.3) is 0 Å². The summed E-state index contributed by atoms with van der Waals surface area (Å²) >= 11 is 0. The molecule has 8 atom stereocenters. The van der Waals surface area contributed by atoms with Gasteiger partial charge in [0.25, 0.3) is 0 Å². The minimum absolute atomic E-state index is 0.461. The monoisotopic (exact) mass is 206 g/mol. The number of hydrogen-bond donors (Lipinski definition) is 1. The molecule has 0 spiro atoms. The van der Waals surface area contributed by atoms with E-state index < -0.39 is 0 Å². The van der Waals surface area contributed by atoms with Gasteiger partial charge in [0.1, 0.15) is 0 Å². The quantitative estimate of drug-likeness (QED) is 0.654. The third-order valence-electron chi connectivity index (χ3n) is 6.69. The number of fused-ring (bicyclic) bond motifs is 9. The molecule has 0 aliphatic heterocycles. The number of aliphatic hydroxyl groups is 1. The molecule has 4 aliphatic carbocycles. The highest BCUT2D eigenvalue weighted by Crippen LogP contribution is 2.70. The molecule has 84 valence electrons. The third kappa shape index (κ3) is 0.906. The van der Waals surface area contributed by atoms with Gasteiger partial charge in [-0.25, -0.2) is 0 Å². The Kier molecular flexibility index (Phi) is 1.68. The van der Waals surface area contributed by atoms with Crippen molar-refractivity contribution in [1.82, 2.24) is 0 Å². The molecule has 0 saturated heterocycles. The Morgan fingerprint density at radius 1 is 1.00 bits per heavy atom. The third-order valence-corrected chi connectivity index (χ3v) is 6.69. The lowest BCUT2D eigenvalue weighted by Gasteiger charge is -2.41. The maximum absolute atomic E-state index is 9.55. The van der Waals surface area contributed by atoms with Crippen LogP contribution in [0.15, 0.2) is 0 Å². The minimum Gasteiger partial charge on any atom is -0.396 e. The molecule has 4 fully saturated rings. The maximum atomic E-state index is 9.55. The second-order valence-electron chi connectivity index (χ2n) is 6.76. The van der Waals surface area contributed by atoms with Crippen LogP contribution in [-0.4, -0.2) is 11.7 Å². The number of rotatable bonds is 1. The minimum atomic E-state index is 0.461. The smallest absolute Gasteiger partial charge is 0.0464 e. The van der Waals surface area contributed by atoms with Crippen molar-refractivity contribution >= 4 is 0 Å². The summed E-state index contributed by atoms with van der Waals surface area (Å²) in [5.74, 6) is 7.68. The Labute approximate surface area is 92.3 Å². The van der Waals surface area contributed by atoms with Gasteiger partial charge in [0.15, 0.2) is 0 Å². The zero-order valence-corrected chi connectivity index (χ0v) is 9.60. The molecule has 4 bridgehead atoms. The van der Waals surface area contributed by atoms with Crippen LogP contribution in [-0.2, 0) is 0 Å². The maximum Gasteiger partial charge on any atom is 0.0464 e. The lowest BCUT2D eigenvalue weighted by atomic mass is 9.64. The molecule has 0 aromatic carbocycles. The van der Waals surface area contributed by atoms with E-state index in [9.17, 15) is 5.11 Å². The average Bonchev–Trinajstić information content (AvgIpc) is 2.94. The van der Waals surface area contributed by atoms with Gasteiger partial charge in [-0.15, -0.1) is 0 Å². The lowest BCUT2D eigenvalue weighted by molar-refractivity contribution is 0.0332. The molecule has 0 amide bonds. The first-order chi connectivity index (χ1) is 7.31. The average molecular weight is 206 g/mol. The van der Waals surface area contributed by atoms with Gasteiger partial charge in [-0.1, -0.05) is 6.92 Å². The van der Waals surface area contributed by atoms with Gasteiger partial charge in [-0.3, -0.25) is 0 Å². The number of hydrogen-bond acceptors (Lipinski definition) is 1. The van der Waals surface area contributed by atoms with Crippen molar-refractivity contribution < 1.29 is 5.11 Å². The molecule has 4 aliphatic rings. The van der Waals surface area contributed by atoms with Crippen molar-refractivity contribution in [3.63, 3.8) is 0 Å². The van der Waals surface area contributed by atoms with Gasteiger partial charge in [0.2, 0.25) is 0 Å². The van der Waals surface area contributed by atoms with Gasteiger partial charge < -0.3 is 5.11 Å². The highest BCUT2D eigenvalue weighted by molar-refractivity contribution is 5.12. The van der Waals surface area contributed by atoms with E-state index in [0.717, 1.165) is 41.4 Å². The Morgan fingerprint density at radius 2 is 1.67 bits per heavy atom. The summed E-state index contributed by atoms with van der Waals surface area (Å²) in [6.45, 7) is 2.87. The molecule has 0 heterocycles. The molecular formula is C14H22O. The Morgan fingerprint density at radius 3 is 2.33 bits per heavy atom. The van der Waals surface area contributed by atoms with E-state index in [1.807, 2.05) is 0 Å². The number of aliphatic hydroxyl groups excluding tert-OH is 1. The van der Waals surface area contributed by atoms with Crippen LogP contribution in [0.4, 0.5) is 0 Å². The molecule has 1 N–H and O–H groups in total. The molecule has 8 unspecified atom stereocenters. The predicted octanol–water partition coefficient (Wildman–Crippen LogP) is 2.54. The molecule has 4 rings (SSSR count). The zero-order valence-electron chi connectivity index (χ0n) is 9.60. The van der Waals surface area contributed by atoms with E-state index in [0.29, 0.717) is 12.5 Å². The van der Waals surface area contributed by atoms with Crippen molar-refractivity contribution in [1.29, 1.82) is 0 Å². The predicted molar refractivity (Wildman–Crippen MR) is 59.1 cm³/mol. The van der Waals surface area contributed by atoms with E-state index in [2.05, 4.69) is 6.92 Å². The van der Waals surface area contributed by atoms with Crippen LogP contribution in [0.1, 0.15) is 32.6 Å². The highest BCUT2D eigenvalue weighted by atomic mass is 16.3. The van der Waals surface area contributed by atoms with Crippen LogP contribution in [0.3, 0.4) is 0 Å². The van der Waals surface area contributed by atoms with E-state index in [1.54, 1.807) is 6.42 Å². The second-order valence-corrected chi connectivity index (χ2v) is 6.76. The summed E-state index contributed by atoms with van der Waals surface area (Å²) in [4.78, 5) is 0. The Hall–Kier alpha value is -0.0400. The topological polar surface area (TPSA) is 20.2 Å². The Bertz CT molecular complexity index is 287. The lowest BCUT2D eigenvalue weighted by Crippen LogP contribution is -2.38. The van der Waals surface area contributed by atoms with Crippen molar-refractivity contribution in [3.8, 4) is 0 Å². The van der Waals surface area contributed by atoms with E-state index in [1.165, 1.54) is 19.3 Å². The first kappa shape index (κ1) is 9.04. The highest BCUT2D eigenvalue weighted by Gasteiger charge is 2.64. The molecule has 0 radical (unpaired) electrons. The summed E-state index contributed by atoms with van der Waals surface area (Å²) < 4.78 is 0. The van der Waals surface area contributed by atoms with E-state index in [4.69, 9.17) is 0 Å². The Balaban J connectivity index is 1.70. The molecule has 4 saturated carbocycles. The molecule has 1 nitrogen and oxygen atoms in total. The summed E-state index contributed by atoms with van der Waals surface area (Å²) in [6.07, 6.45) is 6.06. The fourth-order valence-corrected chi connectivity index (χ4v) is 6.31. The van der Waals surface area contributed by atoms with Crippen LogP contribution in [0.2, 0.25) is 0 Å². The van der Waals surface area contributed by atoms with Gasteiger partial charge in [-0.2, -0.15) is 0 Å². The van der Waals surface area contributed by atoms with E-state index >= 15 is 0 Å². The van der Waals surface area contributed by atoms with Crippen molar-refractivity contribution in [2.45, 2.75) is 32.6 Å². The van der Waals surface area contributed by atoms with Crippen LogP contribution in [0, 0.1) is 47.3 Å².